The third-order valence-corrected chi connectivity index (χ3v) is 2.73. The average molecular weight is 261 g/mol. The number of ether oxygens (including phenoxy) is 1. The predicted octanol–water partition coefficient (Wildman–Crippen LogP) is 3.54. The molecule has 19 heavy (non-hydrogen) atoms. The molecule has 0 unspecified atom stereocenters. The maximum atomic E-state index is 13.4. The van der Waals surface area contributed by atoms with E-state index in [2.05, 4.69) is 5.32 Å². The van der Waals surface area contributed by atoms with Crippen LogP contribution < -0.4 is 10.1 Å². The van der Waals surface area contributed by atoms with Crippen molar-refractivity contribution in [2.45, 2.75) is 13.5 Å². The van der Waals surface area contributed by atoms with Crippen molar-refractivity contribution in [2.24, 2.45) is 0 Å². The molecule has 2 aromatic carbocycles. The molecule has 0 aromatic heterocycles. The summed E-state index contributed by atoms with van der Waals surface area (Å²) in [6, 6.07) is 11.7. The highest BCUT2D eigenvalue weighted by atomic mass is 19.1. The van der Waals surface area contributed by atoms with Gasteiger partial charge in [-0.3, -0.25) is 0 Å². The van der Waals surface area contributed by atoms with E-state index in [0.717, 1.165) is 0 Å². The van der Waals surface area contributed by atoms with Gasteiger partial charge in [-0.25, -0.2) is 4.39 Å². The second-order valence-electron chi connectivity index (χ2n) is 4.03. The first-order valence-electron chi connectivity index (χ1n) is 6.14. The van der Waals surface area contributed by atoms with Crippen LogP contribution in [0.4, 0.5) is 10.1 Å². The van der Waals surface area contributed by atoms with E-state index in [9.17, 15) is 9.50 Å². The van der Waals surface area contributed by atoms with Crippen molar-refractivity contribution in [1.29, 1.82) is 0 Å². The highest BCUT2D eigenvalue weighted by Crippen LogP contribution is 2.30. The largest absolute Gasteiger partial charge is 0.504 e. The number of halogens is 1. The summed E-state index contributed by atoms with van der Waals surface area (Å²) >= 11 is 0. The topological polar surface area (TPSA) is 41.5 Å². The molecule has 4 heteroatoms. The summed E-state index contributed by atoms with van der Waals surface area (Å²) in [6.45, 7) is 2.66. The van der Waals surface area contributed by atoms with Crippen LogP contribution in [0.2, 0.25) is 0 Å². The number of aromatic hydroxyl groups is 1. The van der Waals surface area contributed by atoms with E-state index in [1.807, 2.05) is 6.92 Å². The van der Waals surface area contributed by atoms with Gasteiger partial charge in [0.2, 0.25) is 0 Å². The number of hydrogen-bond acceptors (Lipinski definition) is 3. The predicted molar refractivity (Wildman–Crippen MR) is 73.0 cm³/mol. The molecule has 0 spiro atoms. The number of hydrogen-bond donors (Lipinski definition) is 2. The first kappa shape index (κ1) is 13.2. The molecule has 0 atom stereocenters. The Morgan fingerprint density at radius 3 is 2.68 bits per heavy atom. The Bertz CT molecular complexity index is 558. The number of phenolic OH excluding ortho intramolecular Hbond substituents is 1. The van der Waals surface area contributed by atoms with Gasteiger partial charge in [0.25, 0.3) is 0 Å². The zero-order chi connectivity index (χ0) is 13.7. The molecule has 0 aliphatic rings. The molecule has 2 aromatic rings. The molecule has 0 heterocycles. The van der Waals surface area contributed by atoms with Gasteiger partial charge in [-0.1, -0.05) is 24.3 Å². The molecule has 0 aliphatic heterocycles. The van der Waals surface area contributed by atoms with E-state index < -0.39 is 0 Å². The third-order valence-electron chi connectivity index (χ3n) is 2.73. The van der Waals surface area contributed by atoms with Gasteiger partial charge in [0.1, 0.15) is 5.82 Å². The summed E-state index contributed by atoms with van der Waals surface area (Å²) in [7, 11) is 0. The van der Waals surface area contributed by atoms with Crippen molar-refractivity contribution in [1.82, 2.24) is 0 Å². The van der Waals surface area contributed by atoms with Gasteiger partial charge < -0.3 is 15.2 Å². The Labute approximate surface area is 111 Å². The molecule has 2 N–H and O–H groups in total. The monoisotopic (exact) mass is 261 g/mol. The highest BCUT2D eigenvalue weighted by Gasteiger charge is 2.08. The SMILES string of the molecule is CCOc1cccc(CNc2ccccc2F)c1O. The molecular weight excluding hydrogens is 245 g/mol. The van der Waals surface area contributed by atoms with Crippen molar-refractivity contribution in [3.63, 3.8) is 0 Å². The zero-order valence-corrected chi connectivity index (χ0v) is 10.7. The van der Waals surface area contributed by atoms with E-state index in [4.69, 9.17) is 4.74 Å². The first-order valence-corrected chi connectivity index (χ1v) is 6.14. The lowest BCUT2D eigenvalue weighted by atomic mass is 10.1. The molecule has 0 saturated carbocycles. The van der Waals surface area contributed by atoms with Gasteiger partial charge in [0.05, 0.1) is 12.3 Å². The van der Waals surface area contributed by atoms with Gasteiger partial charge in [-0.2, -0.15) is 0 Å². The van der Waals surface area contributed by atoms with E-state index in [1.54, 1.807) is 36.4 Å². The van der Waals surface area contributed by atoms with Crippen molar-refractivity contribution in [3.8, 4) is 11.5 Å². The zero-order valence-electron chi connectivity index (χ0n) is 10.7. The van der Waals surface area contributed by atoms with Crippen LogP contribution in [0.25, 0.3) is 0 Å². The number of para-hydroxylation sites is 2. The van der Waals surface area contributed by atoms with Crippen molar-refractivity contribution >= 4 is 5.69 Å². The van der Waals surface area contributed by atoms with Crippen molar-refractivity contribution < 1.29 is 14.2 Å². The lowest BCUT2D eigenvalue weighted by Crippen LogP contribution is -2.02. The minimum absolute atomic E-state index is 0.0909. The standard InChI is InChI=1S/C15H16FNO2/c1-2-19-14-9-5-6-11(15(14)18)10-17-13-8-4-3-7-12(13)16/h3-9,17-18H,2,10H2,1H3. The van der Waals surface area contributed by atoms with Crippen molar-refractivity contribution in [3.05, 3.63) is 53.8 Å². The number of benzene rings is 2. The average Bonchev–Trinajstić information content (AvgIpc) is 2.42. The molecule has 0 radical (unpaired) electrons. The minimum atomic E-state index is -0.317. The fraction of sp³-hybridized carbons (Fsp3) is 0.200. The lowest BCUT2D eigenvalue weighted by molar-refractivity contribution is 0.317. The van der Waals surface area contributed by atoms with Gasteiger partial charge in [0, 0.05) is 12.1 Å². The summed E-state index contributed by atoms with van der Waals surface area (Å²) in [5.74, 6) is 0.214. The van der Waals surface area contributed by atoms with Crippen molar-refractivity contribution in [2.75, 3.05) is 11.9 Å². The van der Waals surface area contributed by atoms with Crippen LogP contribution in [0.5, 0.6) is 11.5 Å². The quantitative estimate of drug-likeness (QED) is 0.865. The molecule has 2 rings (SSSR count). The molecule has 0 amide bonds. The summed E-state index contributed by atoms with van der Waals surface area (Å²) in [5.41, 5.74) is 1.07. The maximum Gasteiger partial charge on any atom is 0.162 e. The van der Waals surface area contributed by atoms with Gasteiger partial charge in [0.15, 0.2) is 11.5 Å². The number of nitrogens with one attached hydrogen (secondary N) is 1. The smallest absolute Gasteiger partial charge is 0.162 e. The molecular formula is C15H16FNO2. The summed E-state index contributed by atoms with van der Waals surface area (Å²) < 4.78 is 18.7. The van der Waals surface area contributed by atoms with Crippen LogP contribution in [0.1, 0.15) is 12.5 Å². The molecule has 0 saturated heterocycles. The fourth-order valence-corrected chi connectivity index (χ4v) is 1.78. The molecule has 0 aliphatic carbocycles. The summed E-state index contributed by atoms with van der Waals surface area (Å²) in [6.07, 6.45) is 0. The van der Waals surface area contributed by atoms with Crippen LogP contribution in [-0.2, 0) is 6.54 Å². The van der Waals surface area contributed by atoms with E-state index in [1.165, 1.54) is 6.07 Å². The Kier molecular flexibility index (Phi) is 4.23. The Hall–Kier alpha value is -2.23. The van der Waals surface area contributed by atoms with E-state index >= 15 is 0 Å². The molecule has 0 bridgehead atoms. The summed E-state index contributed by atoms with van der Waals surface area (Å²) in [5, 5.41) is 13.0. The minimum Gasteiger partial charge on any atom is -0.504 e. The van der Waals surface area contributed by atoms with Gasteiger partial charge in [-0.05, 0) is 25.1 Å². The van der Waals surface area contributed by atoms with Crippen LogP contribution in [-0.4, -0.2) is 11.7 Å². The van der Waals surface area contributed by atoms with Crippen LogP contribution in [0.3, 0.4) is 0 Å². The fourth-order valence-electron chi connectivity index (χ4n) is 1.78. The molecule has 3 nitrogen and oxygen atoms in total. The summed E-state index contributed by atoms with van der Waals surface area (Å²) in [4.78, 5) is 0. The van der Waals surface area contributed by atoms with E-state index in [0.29, 0.717) is 30.2 Å². The normalized spacial score (nSPS) is 10.2. The van der Waals surface area contributed by atoms with Crippen LogP contribution >= 0.6 is 0 Å². The number of phenols is 1. The van der Waals surface area contributed by atoms with Gasteiger partial charge >= 0.3 is 0 Å². The third kappa shape index (κ3) is 3.16. The second kappa shape index (κ2) is 6.09. The molecule has 0 fully saturated rings. The number of rotatable bonds is 5. The molecule has 100 valence electrons. The first-order chi connectivity index (χ1) is 9.22. The highest BCUT2D eigenvalue weighted by molar-refractivity contribution is 5.49. The second-order valence-corrected chi connectivity index (χ2v) is 4.03. The Balaban J connectivity index is 2.12. The van der Waals surface area contributed by atoms with E-state index in [-0.39, 0.29) is 11.6 Å². The van der Waals surface area contributed by atoms with Crippen LogP contribution in [0, 0.1) is 5.82 Å². The number of anilines is 1. The Morgan fingerprint density at radius 2 is 1.95 bits per heavy atom. The van der Waals surface area contributed by atoms with Gasteiger partial charge in [-0.15, -0.1) is 0 Å². The Morgan fingerprint density at radius 1 is 1.16 bits per heavy atom. The maximum absolute atomic E-state index is 13.4. The van der Waals surface area contributed by atoms with Crippen LogP contribution in [0.15, 0.2) is 42.5 Å². The lowest BCUT2D eigenvalue weighted by Gasteiger charge is -2.12.